The van der Waals surface area contributed by atoms with Crippen LogP contribution in [0.3, 0.4) is 0 Å². The maximum atomic E-state index is 12.2. The summed E-state index contributed by atoms with van der Waals surface area (Å²) < 4.78 is 2.08. The first kappa shape index (κ1) is 20.1. The van der Waals surface area contributed by atoms with Crippen molar-refractivity contribution in [3.63, 3.8) is 0 Å². The van der Waals surface area contributed by atoms with Gasteiger partial charge in [0.2, 0.25) is 0 Å². The lowest BCUT2D eigenvalue weighted by atomic mass is 10.2. The van der Waals surface area contributed by atoms with Gasteiger partial charge >= 0.3 is 0 Å². The largest absolute Gasteiger partial charge is 0.314 e. The first-order chi connectivity index (χ1) is 14.7. The zero-order valence-corrected chi connectivity index (χ0v) is 17.5. The van der Waals surface area contributed by atoms with Crippen LogP contribution in [0.2, 0.25) is 5.02 Å². The maximum Gasteiger partial charge on any atom is 0.250 e. The highest BCUT2D eigenvalue weighted by molar-refractivity contribution is 7.99. The molecule has 2 aromatic heterocycles. The first-order valence-electron chi connectivity index (χ1n) is 9.24. The number of nitrogens with one attached hydrogen (secondary N) is 1. The topological polar surface area (TPSA) is 72.2 Å². The first-order valence-corrected chi connectivity index (χ1v) is 10.6. The number of hydrogen-bond acceptors (Lipinski definition) is 5. The number of amides is 1. The van der Waals surface area contributed by atoms with Crippen molar-refractivity contribution in [3.8, 4) is 0 Å². The van der Waals surface area contributed by atoms with Crippen molar-refractivity contribution in [2.24, 2.45) is 5.10 Å². The van der Waals surface area contributed by atoms with Gasteiger partial charge in [0.15, 0.2) is 5.16 Å². The van der Waals surface area contributed by atoms with E-state index in [1.54, 1.807) is 18.6 Å². The number of benzene rings is 2. The van der Waals surface area contributed by atoms with Crippen molar-refractivity contribution >= 4 is 46.5 Å². The number of carbonyl (C=O) groups excluding carboxylic acids is 1. The van der Waals surface area contributed by atoms with Crippen LogP contribution < -0.4 is 5.43 Å². The zero-order valence-electron chi connectivity index (χ0n) is 15.9. The smallest absolute Gasteiger partial charge is 0.250 e. The van der Waals surface area contributed by atoms with Crippen LogP contribution in [0.4, 0.5) is 0 Å². The summed E-state index contributed by atoms with van der Waals surface area (Å²) in [4.78, 5) is 20.9. The lowest BCUT2D eigenvalue weighted by molar-refractivity contribution is -0.118. The number of carbonyl (C=O) groups is 1. The fraction of sp³-hybridized carbons (Fsp3) is 0.0909. The summed E-state index contributed by atoms with van der Waals surface area (Å²) in [6, 6.07) is 19.3. The van der Waals surface area contributed by atoms with Crippen LogP contribution in [0.1, 0.15) is 11.1 Å². The van der Waals surface area contributed by atoms with Gasteiger partial charge in [-0.2, -0.15) is 5.10 Å². The molecule has 30 heavy (non-hydrogen) atoms. The molecular weight excluding hydrogens is 418 g/mol. The number of hydrogen-bond donors (Lipinski definition) is 1. The number of rotatable bonds is 7. The van der Waals surface area contributed by atoms with E-state index in [2.05, 4.69) is 20.1 Å². The molecule has 0 aliphatic carbocycles. The number of para-hydroxylation sites is 2. The zero-order chi connectivity index (χ0) is 20.8. The molecule has 0 saturated heterocycles. The predicted octanol–water partition coefficient (Wildman–Crippen LogP) is 4.38. The fourth-order valence-electron chi connectivity index (χ4n) is 2.91. The molecule has 1 amide bonds. The van der Waals surface area contributed by atoms with Crippen LogP contribution in [0.5, 0.6) is 0 Å². The summed E-state index contributed by atoms with van der Waals surface area (Å²) in [5.74, 6) is -0.0209. The molecular formula is C22H18ClN5OS. The number of hydrazone groups is 1. The number of pyridine rings is 1. The Labute approximate surface area is 183 Å². The van der Waals surface area contributed by atoms with E-state index < -0.39 is 0 Å². The van der Waals surface area contributed by atoms with E-state index >= 15 is 0 Å². The molecule has 0 radical (unpaired) electrons. The average molecular weight is 436 g/mol. The Bertz CT molecular complexity index is 1190. The lowest BCUT2D eigenvalue weighted by Crippen LogP contribution is -2.20. The van der Waals surface area contributed by atoms with Gasteiger partial charge in [0, 0.05) is 23.0 Å². The van der Waals surface area contributed by atoms with E-state index in [1.807, 2.05) is 60.7 Å². The normalized spacial score (nSPS) is 11.2. The van der Waals surface area contributed by atoms with Crippen LogP contribution in [-0.4, -0.2) is 32.4 Å². The van der Waals surface area contributed by atoms with Crippen LogP contribution >= 0.6 is 23.4 Å². The van der Waals surface area contributed by atoms with Crippen LogP contribution in [-0.2, 0) is 11.3 Å². The van der Waals surface area contributed by atoms with Crippen molar-refractivity contribution in [1.82, 2.24) is 20.0 Å². The molecule has 1 N–H and O–H groups in total. The molecule has 0 atom stereocenters. The van der Waals surface area contributed by atoms with Gasteiger partial charge in [-0.25, -0.2) is 10.4 Å². The van der Waals surface area contributed by atoms with Gasteiger partial charge in [0.25, 0.3) is 5.91 Å². The number of fused-ring (bicyclic) bond motifs is 1. The molecule has 2 heterocycles. The Morgan fingerprint density at radius 3 is 2.80 bits per heavy atom. The Hall–Kier alpha value is -3.16. The van der Waals surface area contributed by atoms with Gasteiger partial charge < -0.3 is 4.57 Å². The second-order valence-corrected chi connectivity index (χ2v) is 7.78. The Balaban J connectivity index is 1.47. The summed E-state index contributed by atoms with van der Waals surface area (Å²) in [7, 11) is 0. The molecule has 0 saturated carbocycles. The van der Waals surface area contributed by atoms with E-state index in [0.29, 0.717) is 11.6 Å². The van der Waals surface area contributed by atoms with Gasteiger partial charge in [-0.1, -0.05) is 59.8 Å². The molecule has 0 aliphatic heterocycles. The molecule has 4 rings (SSSR count). The Morgan fingerprint density at radius 2 is 1.97 bits per heavy atom. The van der Waals surface area contributed by atoms with E-state index in [-0.39, 0.29) is 11.7 Å². The molecule has 2 aromatic carbocycles. The number of aromatic nitrogens is 3. The number of halogens is 1. The standard InChI is InChI=1S/C22H18ClN5OS/c23-18-8-2-1-7-17(18)14-28-20-10-4-3-9-19(20)26-22(28)30-15-21(29)27-25-13-16-6-5-11-24-12-16/h1-13H,14-15H2,(H,27,29)/b25-13+. The van der Waals surface area contributed by atoms with Gasteiger partial charge in [-0.05, 0) is 29.8 Å². The summed E-state index contributed by atoms with van der Waals surface area (Å²) in [6.45, 7) is 0.573. The van der Waals surface area contributed by atoms with Gasteiger partial charge in [-0.3, -0.25) is 9.78 Å². The Kier molecular flexibility index (Phi) is 6.41. The fourth-order valence-corrected chi connectivity index (χ4v) is 3.91. The van der Waals surface area contributed by atoms with E-state index in [1.165, 1.54) is 11.8 Å². The molecule has 8 heteroatoms. The summed E-state index contributed by atoms with van der Waals surface area (Å²) in [5.41, 5.74) is 6.22. The van der Waals surface area contributed by atoms with Crippen molar-refractivity contribution in [1.29, 1.82) is 0 Å². The summed E-state index contributed by atoms with van der Waals surface area (Å²) >= 11 is 7.72. The van der Waals surface area contributed by atoms with E-state index in [9.17, 15) is 4.79 Å². The minimum atomic E-state index is -0.212. The minimum absolute atomic E-state index is 0.191. The molecule has 6 nitrogen and oxygen atoms in total. The maximum absolute atomic E-state index is 12.2. The summed E-state index contributed by atoms with van der Waals surface area (Å²) in [6.07, 6.45) is 4.91. The summed E-state index contributed by atoms with van der Waals surface area (Å²) in [5, 5.41) is 5.43. The monoisotopic (exact) mass is 435 g/mol. The van der Waals surface area contributed by atoms with Crippen LogP contribution in [0.25, 0.3) is 11.0 Å². The van der Waals surface area contributed by atoms with Crippen molar-refractivity contribution < 1.29 is 4.79 Å². The molecule has 0 unspecified atom stereocenters. The third-order valence-corrected chi connectivity index (χ3v) is 5.67. The number of nitrogens with zero attached hydrogens (tertiary/aromatic N) is 4. The second-order valence-electron chi connectivity index (χ2n) is 6.43. The molecule has 0 bridgehead atoms. The third-order valence-electron chi connectivity index (χ3n) is 4.33. The van der Waals surface area contributed by atoms with Gasteiger partial charge in [0.1, 0.15) is 0 Å². The highest BCUT2D eigenvalue weighted by atomic mass is 35.5. The quantitative estimate of drug-likeness (QED) is 0.266. The van der Waals surface area contributed by atoms with Gasteiger partial charge in [0.05, 0.1) is 29.5 Å². The van der Waals surface area contributed by atoms with Crippen molar-refractivity contribution in [2.45, 2.75) is 11.7 Å². The lowest BCUT2D eigenvalue weighted by Gasteiger charge is -2.10. The molecule has 0 spiro atoms. The van der Waals surface area contributed by atoms with Crippen LogP contribution in [0, 0.1) is 0 Å². The average Bonchev–Trinajstić information content (AvgIpc) is 3.12. The molecule has 0 fully saturated rings. The highest BCUT2D eigenvalue weighted by Gasteiger charge is 2.14. The second kappa shape index (κ2) is 9.56. The van der Waals surface area contributed by atoms with Crippen molar-refractivity contribution in [2.75, 3.05) is 5.75 Å². The molecule has 4 aromatic rings. The third kappa shape index (κ3) is 4.87. The predicted molar refractivity (Wildman–Crippen MR) is 121 cm³/mol. The SMILES string of the molecule is O=C(CSc1nc2ccccc2n1Cc1ccccc1Cl)N/N=C/c1cccnc1. The van der Waals surface area contributed by atoms with Gasteiger partial charge in [-0.15, -0.1) is 0 Å². The van der Waals surface area contributed by atoms with E-state index in [0.717, 1.165) is 27.3 Å². The van der Waals surface area contributed by atoms with Crippen molar-refractivity contribution in [3.05, 3.63) is 89.2 Å². The Morgan fingerprint density at radius 1 is 1.13 bits per heavy atom. The number of thioether (sulfide) groups is 1. The van der Waals surface area contributed by atoms with E-state index in [4.69, 9.17) is 16.6 Å². The molecule has 0 aliphatic rings. The minimum Gasteiger partial charge on any atom is -0.314 e. The molecule has 150 valence electrons. The number of imidazole rings is 1. The highest BCUT2D eigenvalue weighted by Crippen LogP contribution is 2.26. The van der Waals surface area contributed by atoms with Crippen LogP contribution in [0.15, 0.2) is 83.3 Å².